The minimum Gasteiger partial charge on any atom is -0.372 e. The van der Waals surface area contributed by atoms with Crippen LogP contribution in [0.4, 0.5) is 24.8 Å². The van der Waals surface area contributed by atoms with Gasteiger partial charge in [-0.1, -0.05) is 16.7 Å². The van der Waals surface area contributed by atoms with E-state index in [-0.39, 0.29) is 17.6 Å². The first-order chi connectivity index (χ1) is 18.2. The van der Waals surface area contributed by atoms with Crippen molar-refractivity contribution in [1.29, 1.82) is 0 Å². The fraction of sp³-hybridized carbons (Fsp3) is 0.519. The Morgan fingerprint density at radius 1 is 1.13 bits per heavy atom. The van der Waals surface area contributed by atoms with Crippen LogP contribution in [0, 0.1) is 12.8 Å². The minimum absolute atomic E-state index is 0.0459. The Hall–Kier alpha value is -2.85. The van der Waals surface area contributed by atoms with Gasteiger partial charge in [0.2, 0.25) is 0 Å². The van der Waals surface area contributed by atoms with E-state index in [1.54, 1.807) is 13.1 Å². The number of anilines is 2. The van der Waals surface area contributed by atoms with E-state index in [1.165, 1.54) is 40.0 Å². The Bertz CT molecular complexity index is 1360. The first-order valence-electron chi connectivity index (χ1n) is 13.0. The summed E-state index contributed by atoms with van der Waals surface area (Å²) in [5, 5.41) is 12.9. The lowest BCUT2D eigenvalue weighted by molar-refractivity contribution is -0.137. The zero-order valence-electron chi connectivity index (χ0n) is 21.4. The number of hydrogen-bond acceptors (Lipinski definition) is 6. The van der Waals surface area contributed by atoms with Gasteiger partial charge in [-0.15, -0.1) is 5.10 Å². The number of ether oxygens (including phenoxy) is 1. The molecule has 1 atom stereocenters. The second kappa shape index (κ2) is 9.72. The molecule has 0 N–H and O–H groups in total. The Labute approximate surface area is 224 Å². The van der Waals surface area contributed by atoms with Gasteiger partial charge in [0.15, 0.2) is 0 Å². The standard InChI is InChI=1S/C27H30ClF3N6O/c1-16-23-15-38-14-19(23)10-22-24(4-3-7-36(25(16)22)12-17-5-6-17)37(26-32-34-35(2)33-26)13-18-8-20(27(29,30)31)11-21(28)9-18/h8-11,17,24H,3-7,12-15H2,1-2H3/t24-/m0/s1. The number of aryl methyl sites for hydroxylation is 1. The molecule has 0 spiro atoms. The van der Waals surface area contributed by atoms with Crippen LogP contribution in [-0.4, -0.2) is 33.3 Å². The Morgan fingerprint density at radius 3 is 2.66 bits per heavy atom. The summed E-state index contributed by atoms with van der Waals surface area (Å²) in [6.45, 7) is 5.45. The van der Waals surface area contributed by atoms with Crippen molar-refractivity contribution in [3.63, 3.8) is 0 Å². The quantitative estimate of drug-likeness (QED) is 0.379. The number of tetrazole rings is 1. The van der Waals surface area contributed by atoms with Crippen molar-refractivity contribution in [2.75, 3.05) is 22.9 Å². The van der Waals surface area contributed by atoms with E-state index in [9.17, 15) is 13.2 Å². The van der Waals surface area contributed by atoms with Gasteiger partial charge in [-0.3, -0.25) is 0 Å². The van der Waals surface area contributed by atoms with Gasteiger partial charge in [0.05, 0.1) is 31.9 Å². The molecule has 0 saturated heterocycles. The average molecular weight is 547 g/mol. The highest BCUT2D eigenvalue weighted by Crippen LogP contribution is 2.45. The first kappa shape index (κ1) is 25.4. The van der Waals surface area contributed by atoms with Crippen molar-refractivity contribution in [2.24, 2.45) is 13.0 Å². The van der Waals surface area contributed by atoms with E-state index in [4.69, 9.17) is 16.3 Å². The number of hydrogen-bond donors (Lipinski definition) is 0. The summed E-state index contributed by atoms with van der Waals surface area (Å²) in [4.78, 5) is 5.88. The van der Waals surface area contributed by atoms with Crippen LogP contribution in [0.5, 0.6) is 0 Å². The van der Waals surface area contributed by atoms with Crippen LogP contribution in [0.25, 0.3) is 0 Å². The molecule has 3 aliphatic rings. The van der Waals surface area contributed by atoms with Crippen molar-refractivity contribution >= 4 is 23.2 Å². The molecule has 0 amide bonds. The lowest BCUT2D eigenvalue weighted by atomic mass is 9.91. The minimum atomic E-state index is -4.49. The van der Waals surface area contributed by atoms with E-state index in [0.29, 0.717) is 30.6 Å². The number of rotatable bonds is 6. The van der Waals surface area contributed by atoms with E-state index in [1.807, 2.05) is 4.90 Å². The highest BCUT2D eigenvalue weighted by Gasteiger charge is 2.36. The molecule has 3 aromatic rings. The predicted molar refractivity (Wildman–Crippen MR) is 138 cm³/mol. The molecule has 1 aromatic heterocycles. The van der Waals surface area contributed by atoms with Gasteiger partial charge < -0.3 is 14.5 Å². The van der Waals surface area contributed by atoms with Crippen LogP contribution in [0.1, 0.15) is 65.1 Å². The Balaban J connectivity index is 1.47. The van der Waals surface area contributed by atoms with Gasteiger partial charge in [0, 0.05) is 30.3 Å². The Morgan fingerprint density at radius 2 is 1.95 bits per heavy atom. The number of halogens is 4. The number of alkyl halides is 3. The zero-order chi connectivity index (χ0) is 26.6. The first-order valence-corrected chi connectivity index (χ1v) is 13.4. The van der Waals surface area contributed by atoms with Crippen LogP contribution >= 0.6 is 11.6 Å². The molecular weight excluding hydrogens is 517 g/mol. The van der Waals surface area contributed by atoms with Gasteiger partial charge in [-0.2, -0.15) is 18.0 Å². The van der Waals surface area contributed by atoms with Crippen molar-refractivity contribution < 1.29 is 17.9 Å². The van der Waals surface area contributed by atoms with E-state index in [2.05, 4.69) is 33.3 Å². The molecule has 1 saturated carbocycles. The third-order valence-corrected chi connectivity index (χ3v) is 8.05. The molecular formula is C27H30ClF3N6O. The van der Waals surface area contributed by atoms with Gasteiger partial charge in [-0.05, 0) is 95.8 Å². The van der Waals surface area contributed by atoms with E-state index in [0.717, 1.165) is 43.6 Å². The maximum Gasteiger partial charge on any atom is 0.416 e. The van der Waals surface area contributed by atoms with Crippen molar-refractivity contribution in [3.8, 4) is 0 Å². The van der Waals surface area contributed by atoms with Crippen molar-refractivity contribution in [3.05, 3.63) is 62.7 Å². The molecule has 3 heterocycles. The summed E-state index contributed by atoms with van der Waals surface area (Å²) in [5.41, 5.74) is 5.70. The summed E-state index contributed by atoms with van der Waals surface area (Å²) in [6.07, 6.45) is -0.237. The zero-order valence-corrected chi connectivity index (χ0v) is 22.2. The van der Waals surface area contributed by atoms with Crippen LogP contribution < -0.4 is 9.80 Å². The molecule has 0 unspecified atom stereocenters. The third-order valence-electron chi connectivity index (χ3n) is 7.83. The number of fused-ring (bicyclic) bond motifs is 2. The second-order valence-electron chi connectivity index (χ2n) is 10.7. The second-order valence-corrected chi connectivity index (χ2v) is 11.1. The molecule has 1 fully saturated rings. The van der Waals surface area contributed by atoms with Crippen molar-refractivity contribution in [2.45, 2.75) is 64.6 Å². The summed E-state index contributed by atoms with van der Waals surface area (Å²) in [7, 11) is 1.68. The highest BCUT2D eigenvalue weighted by atomic mass is 35.5. The molecule has 2 aromatic carbocycles. The van der Waals surface area contributed by atoms with E-state index < -0.39 is 11.7 Å². The molecule has 6 rings (SSSR count). The topological polar surface area (TPSA) is 59.3 Å². The average Bonchev–Trinajstić information content (AvgIpc) is 3.41. The third kappa shape index (κ3) is 4.96. The number of nitrogens with zero attached hydrogens (tertiary/aromatic N) is 6. The smallest absolute Gasteiger partial charge is 0.372 e. The normalized spacial score (nSPS) is 19.3. The lowest BCUT2D eigenvalue weighted by Crippen LogP contribution is -2.31. The maximum atomic E-state index is 13.6. The summed E-state index contributed by atoms with van der Waals surface area (Å²) < 4.78 is 46.7. The van der Waals surface area contributed by atoms with Gasteiger partial charge >= 0.3 is 6.18 Å². The van der Waals surface area contributed by atoms with E-state index >= 15 is 0 Å². The van der Waals surface area contributed by atoms with Gasteiger partial charge in [0.1, 0.15) is 0 Å². The molecule has 2 aliphatic heterocycles. The van der Waals surface area contributed by atoms with Crippen LogP contribution in [0.2, 0.25) is 5.02 Å². The number of benzene rings is 2. The van der Waals surface area contributed by atoms with Crippen LogP contribution in [0.3, 0.4) is 0 Å². The van der Waals surface area contributed by atoms with Crippen molar-refractivity contribution in [1.82, 2.24) is 20.2 Å². The summed E-state index contributed by atoms with van der Waals surface area (Å²) in [6, 6.07) is 5.78. The number of aromatic nitrogens is 4. The fourth-order valence-corrected chi connectivity index (χ4v) is 6.14. The van der Waals surface area contributed by atoms with Gasteiger partial charge in [-0.25, -0.2) is 0 Å². The fourth-order valence-electron chi connectivity index (χ4n) is 5.88. The molecule has 202 valence electrons. The molecule has 0 radical (unpaired) electrons. The largest absolute Gasteiger partial charge is 0.416 e. The summed E-state index contributed by atoms with van der Waals surface area (Å²) >= 11 is 6.15. The maximum absolute atomic E-state index is 13.6. The summed E-state index contributed by atoms with van der Waals surface area (Å²) in [5.74, 6) is 1.09. The molecule has 7 nitrogen and oxygen atoms in total. The monoisotopic (exact) mass is 546 g/mol. The lowest BCUT2D eigenvalue weighted by Gasteiger charge is -2.34. The molecule has 11 heteroatoms. The molecule has 0 bridgehead atoms. The van der Waals surface area contributed by atoms with Crippen LogP contribution in [0.15, 0.2) is 24.3 Å². The van der Waals surface area contributed by atoms with Crippen LogP contribution in [-0.2, 0) is 37.7 Å². The molecule has 1 aliphatic carbocycles. The highest BCUT2D eigenvalue weighted by molar-refractivity contribution is 6.30. The van der Waals surface area contributed by atoms with Gasteiger partial charge in [0.25, 0.3) is 5.95 Å². The Kier molecular flexibility index (Phi) is 6.50. The molecule has 38 heavy (non-hydrogen) atoms. The predicted octanol–water partition coefficient (Wildman–Crippen LogP) is 5.98. The SMILES string of the molecule is Cc1c2c(cc3c1N(CC1CC1)CCC[C@@H]3N(Cc1cc(Cl)cc(C(F)(F)F)c1)c1nnn(C)n1)COC2.